The summed E-state index contributed by atoms with van der Waals surface area (Å²) in [5.41, 5.74) is 7.24. The van der Waals surface area contributed by atoms with E-state index >= 15 is 0 Å². The van der Waals surface area contributed by atoms with Crippen molar-refractivity contribution < 1.29 is 5.21 Å². The highest BCUT2D eigenvalue weighted by atomic mass is 16.4. The minimum Gasteiger partial charge on any atom is -0.409 e. The van der Waals surface area contributed by atoms with Gasteiger partial charge in [-0.3, -0.25) is 9.88 Å². The zero-order valence-electron chi connectivity index (χ0n) is 10.7. The minimum absolute atomic E-state index is 0.0804. The maximum absolute atomic E-state index is 8.76. The van der Waals surface area contributed by atoms with Crippen LogP contribution in [-0.4, -0.2) is 34.0 Å². The Labute approximate surface area is 107 Å². The van der Waals surface area contributed by atoms with Crippen molar-refractivity contribution in [3.05, 3.63) is 29.6 Å². The van der Waals surface area contributed by atoms with Crippen molar-refractivity contribution in [2.75, 3.05) is 13.1 Å². The minimum atomic E-state index is 0.0804. The van der Waals surface area contributed by atoms with Crippen molar-refractivity contribution in [1.82, 2.24) is 9.88 Å². The number of rotatable bonds is 4. The van der Waals surface area contributed by atoms with Crippen LogP contribution in [0.15, 0.2) is 23.5 Å². The van der Waals surface area contributed by atoms with E-state index in [2.05, 4.69) is 22.0 Å². The Bertz CT molecular complexity index is 433. The van der Waals surface area contributed by atoms with Gasteiger partial charge in [0.25, 0.3) is 0 Å². The van der Waals surface area contributed by atoms with Gasteiger partial charge in [-0.05, 0) is 30.5 Å². The smallest absolute Gasteiger partial charge is 0.189 e. The van der Waals surface area contributed by atoms with Crippen LogP contribution in [0.4, 0.5) is 0 Å². The summed E-state index contributed by atoms with van der Waals surface area (Å²) in [6.07, 6.45) is 4.15. The molecule has 1 fully saturated rings. The first-order valence-corrected chi connectivity index (χ1v) is 6.38. The van der Waals surface area contributed by atoms with Crippen molar-refractivity contribution in [3.8, 4) is 0 Å². The third-order valence-corrected chi connectivity index (χ3v) is 3.58. The summed E-state index contributed by atoms with van der Waals surface area (Å²) in [6, 6.07) is 3.87. The van der Waals surface area contributed by atoms with Gasteiger partial charge in [-0.2, -0.15) is 0 Å². The number of nitrogens with zero attached hydrogens (tertiary/aromatic N) is 3. The highest BCUT2D eigenvalue weighted by Gasteiger charge is 2.22. The van der Waals surface area contributed by atoms with Crippen LogP contribution in [0.3, 0.4) is 0 Å². The van der Waals surface area contributed by atoms with Crippen LogP contribution in [0.1, 0.15) is 31.0 Å². The van der Waals surface area contributed by atoms with Crippen molar-refractivity contribution in [3.63, 3.8) is 0 Å². The molecule has 2 heterocycles. The first-order valence-electron chi connectivity index (χ1n) is 6.38. The highest BCUT2D eigenvalue weighted by Crippen LogP contribution is 2.21. The van der Waals surface area contributed by atoms with Crippen molar-refractivity contribution in [2.24, 2.45) is 16.8 Å². The molecule has 1 atom stereocenters. The van der Waals surface area contributed by atoms with E-state index in [9.17, 15) is 0 Å². The fourth-order valence-electron chi connectivity index (χ4n) is 2.47. The molecule has 98 valence electrons. The molecule has 1 aromatic rings. The molecule has 2 rings (SSSR count). The van der Waals surface area contributed by atoms with E-state index < -0.39 is 0 Å². The van der Waals surface area contributed by atoms with E-state index in [-0.39, 0.29) is 5.84 Å². The molecule has 5 nitrogen and oxygen atoms in total. The van der Waals surface area contributed by atoms with Crippen LogP contribution in [0.2, 0.25) is 0 Å². The molecule has 1 saturated heterocycles. The predicted octanol–water partition coefficient (Wildman–Crippen LogP) is 1.41. The fraction of sp³-hybridized carbons (Fsp3) is 0.538. The van der Waals surface area contributed by atoms with E-state index in [0.717, 1.165) is 31.1 Å². The lowest BCUT2D eigenvalue weighted by Crippen LogP contribution is -2.24. The van der Waals surface area contributed by atoms with Gasteiger partial charge in [0.1, 0.15) is 5.69 Å². The van der Waals surface area contributed by atoms with Gasteiger partial charge in [0.2, 0.25) is 0 Å². The number of oxime groups is 1. The fourth-order valence-corrected chi connectivity index (χ4v) is 2.47. The van der Waals surface area contributed by atoms with Gasteiger partial charge in [-0.1, -0.05) is 24.6 Å². The zero-order valence-corrected chi connectivity index (χ0v) is 10.7. The Morgan fingerprint density at radius 3 is 3.17 bits per heavy atom. The van der Waals surface area contributed by atoms with E-state index in [0.29, 0.717) is 5.69 Å². The molecular weight excluding hydrogens is 228 g/mol. The maximum Gasteiger partial charge on any atom is 0.189 e. The van der Waals surface area contributed by atoms with Gasteiger partial charge in [0.15, 0.2) is 5.84 Å². The van der Waals surface area contributed by atoms with Crippen LogP contribution in [0.5, 0.6) is 0 Å². The molecule has 18 heavy (non-hydrogen) atoms. The molecule has 0 radical (unpaired) electrons. The molecule has 0 amide bonds. The molecule has 1 aromatic heterocycles. The van der Waals surface area contributed by atoms with Crippen LogP contribution < -0.4 is 5.73 Å². The number of amidine groups is 1. The molecule has 1 aliphatic heterocycles. The second-order valence-electron chi connectivity index (χ2n) is 4.79. The Morgan fingerprint density at radius 1 is 1.67 bits per heavy atom. The lowest BCUT2D eigenvalue weighted by atomic mass is 10.1. The normalized spacial score (nSPS) is 21.4. The largest absolute Gasteiger partial charge is 0.409 e. The molecule has 5 heteroatoms. The van der Waals surface area contributed by atoms with Crippen LogP contribution in [-0.2, 0) is 6.54 Å². The monoisotopic (exact) mass is 248 g/mol. The Morgan fingerprint density at radius 2 is 2.50 bits per heavy atom. The molecule has 1 unspecified atom stereocenters. The van der Waals surface area contributed by atoms with Gasteiger partial charge in [-0.15, -0.1) is 0 Å². The molecule has 3 N–H and O–H groups in total. The van der Waals surface area contributed by atoms with Gasteiger partial charge >= 0.3 is 0 Å². The van der Waals surface area contributed by atoms with Crippen LogP contribution >= 0.6 is 0 Å². The summed E-state index contributed by atoms with van der Waals surface area (Å²) in [6.45, 7) is 5.29. The SMILES string of the molecule is CCC1CCN(Cc2cccnc2/C(N)=N/O)C1. The first kappa shape index (κ1) is 12.8. The summed E-state index contributed by atoms with van der Waals surface area (Å²) in [5.74, 6) is 0.880. The molecule has 0 spiro atoms. The highest BCUT2D eigenvalue weighted by molar-refractivity contribution is 5.96. The first-order chi connectivity index (χ1) is 8.74. The third-order valence-electron chi connectivity index (χ3n) is 3.58. The summed E-state index contributed by atoms with van der Waals surface area (Å²) in [7, 11) is 0. The molecule has 0 bridgehead atoms. The predicted molar refractivity (Wildman–Crippen MR) is 70.4 cm³/mol. The average molecular weight is 248 g/mol. The number of nitrogens with two attached hydrogens (primary N) is 1. The molecule has 0 saturated carbocycles. The van der Waals surface area contributed by atoms with Crippen LogP contribution in [0.25, 0.3) is 0 Å². The Hall–Kier alpha value is -1.62. The standard InChI is InChI=1S/C13H20N4O/c1-2-10-5-7-17(8-10)9-11-4-3-6-15-12(11)13(14)16-18/h3-4,6,10,18H,2,5,7-9H2,1H3,(H2,14,16). The Balaban J connectivity index is 2.10. The summed E-state index contributed by atoms with van der Waals surface area (Å²) < 4.78 is 0. The third kappa shape index (κ3) is 2.79. The van der Waals surface area contributed by atoms with Crippen molar-refractivity contribution >= 4 is 5.84 Å². The quantitative estimate of drug-likeness (QED) is 0.365. The van der Waals surface area contributed by atoms with Gasteiger partial charge in [-0.25, -0.2) is 0 Å². The van der Waals surface area contributed by atoms with Crippen molar-refractivity contribution in [2.45, 2.75) is 26.3 Å². The van der Waals surface area contributed by atoms with Gasteiger partial charge in [0.05, 0.1) is 0 Å². The van der Waals surface area contributed by atoms with Gasteiger partial charge in [0, 0.05) is 19.3 Å². The summed E-state index contributed by atoms with van der Waals surface area (Å²) in [4.78, 5) is 6.59. The number of hydrogen-bond donors (Lipinski definition) is 2. The van der Waals surface area contributed by atoms with E-state index in [1.165, 1.54) is 12.8 Å². The maximum atomic E-state index is 8.76. The summed E-state index contributed by atoms with van der Waals surface area (Å²) >= 11 is 0. The Kier molecular flexibility index (Phi) is 4.15. The van der Waals surface area contributed by atoms with E-state index in [1.807, 2.05) is 12.1 Å². The molecule has 0 aliphatic carbocycles. The van der Waals surface area contributed by atoms with Crippen molar-refractivity contribution in [1.29, 1.82) is 0 Å². The molecule has 0 aromatic carbocycles. The second-order valence-corrected chi connectivity index (χ2v) is 4.79. The second kappa shape index (κ2) is 5.82. The topological polar surface area (TPSA) is 74.7 Å². The molecule has 1 aliphatic rings. The number of pyridine rings is 1. The van der Waals surface area contributed by atoms with Crippen LogP contribution in [0, 0.1) is 5.92 Å². The summed E-state index contributed by atoms with van der Waals surface area (Å²) in [5, 5.41) is 11.8. The van der Waals surface area contributed by atoms with E-state index in [1.54, 1.807) is 6.20 Å². The number of aromatic nitrogens is 1. The number of hydrogen-bond acceptors (Lipinski definition) is 4. The van der Waals surface area contributed by atoms with Gasteiger partial charge < -0.3 is 10.9 Å². The molecular formula is C13H20N4O. The average Bonchev–Trinajstić information content (AvgIpc) is 2.86. The zero-order chi connectivity index (χ0) is 13.0. The number of likely N-dealkylation sites (tertiary alicyclic amines) is 1. The lowest BCUT2D eigenvalue weighted by molar-refractivity contribution is 0.312. The lowest BCUT2D eigenvalue weighted by Gasteiger charge is -2.17. The van der Waals surface area contributed by atoms with E-state index in [4.69, 9.17) is 10.9 Å².